The van der Waals surface area contributed by atoms with Crippen LogP contribution in [0.3, 0.4) is 0 Å². The monoisotopic (exact) mass is 514 g/mol. The maximum Gasteiger partial charge on any atom is 0.233 e. The molecule has 1 aliphatic heterocycles. The van der Waals surface area contributed by atoms with E-state index in [2.05, 4.69) is 52.6 Å². The van der Waals surface area contributed by atoms with E-state index in [0.29, 0.717) is 35.0 Å². The maximum absolute atomic E-state index is 6.67. The van der Waals surface area contributed by atoms with Crippen molar-refractivity contribution in [2.45, 2.75) is 84.2 Å². The van der Waals surface area contributed by atoms with Gasteiger partial charge in [0, 0.05) is 37.4 Å². The van der Waals surface area contributed by atoms with Crippen molar-refractivity contribution >= 4 is 40.8 Å². The van der Waals surface area contributed by atoms with Gasteiger partial charge >= 0.3 is 0 Å². The Hall–Kier alpha value is -2.32. The third kappa shape index (κ3) is 7.13. The number of likely N-dealkylation sites (N-methyl/N-ethyl adjacent to an activating group) is 1. The highest BCUT2D eigenvalue weighted by Gasteiger charge is 2.23. The Morgan fingerprint density at radius 2 is 1.64 bits per heavy atom. The molecule has 1 atom stereocenters. The Labute approximate surface area is 221 Å². The summed E-state index contributed by atoms with van der Waals surface area (Å²) in [6.07, 6.45) is 9.90. The predicted molar refractivity (Wildman–Crippen MR) is 152 cm³/mol. The van der Waals surface area contributed by atoms with E-state index in [9.17, 15) is 0 Å². The Kier molecular flexibility index (Phi) is 9.87. The second-order valence-corrected chi connectivity index (χ2v) is 10.3. The van der Waals surface area contributed by atoms with Crippen LogP contribution in [0.4, 0.5) is 29.2 Å². The van der Waals surface area contributed by atoms with Gasteiger partial charge in [0.05, 0.1) is 10.7 Å². The summed E-state index contributed by atoms with van der Waals surface area (Å²) >= 11 is 6.67. The lowest BCUT2D eigenvalue weighted by atomic mass is 10.1. The van der Waals surface area contributed by atoms with Gasteiger partial charge in [-0.25, -0.2) is 0 Å². The molecule has 198 valence electrons. The molecule has 1 aromatic heterocycles. The number of halogens is 1. The lowest BCUT2D eigenvalue weighted by Gasteiger charge is -2.23. The van der Waals surface area contributed by atoms with E-state index in [1.54, 1.807) is 0 Å². The van der Waals surface area contributed by atoms with Gasteiger partial charge in [-0.15, -0.1) is 0 Å². The van der Waals surface area contributed by atoms with Crippen molar-refractivity contribution in [1.29, 1.82) is 0 Å². The number of nitrogens with one attached hydrogen (secondary N) is 3. The SMILES string of the molecule is CCN(CC)c1ccc(Nc2nc(NCC3CCCN3CC)nc(NC3CCCCCC3)n2)c(Cl)c1. The van der Waals surface area contributed by atoms with Gasteiger partial charge in [0.2, 0.25) is 17.8 Å². The van der Waals surface area contributed by atoms with Crippen molar-refractivity contribution in [3.63, 3.8) is 0 Å². The van der Waals surface area contributed by atoms with Crippen LogP contribution in [-0.4, -0.2) is 64.7 Å². The van der Waals surface area contributed by atoms with Crippen molar-refractivity contribution in [2.75, 3.05) is 53.6 Å². The number of aromatic nitrogens is 3. The van der Waals surface area contributed by atoms with Crippen LogP contribution in [0.2, 0.25) is 5.02 Å². The van der Waals surface area contributed by atoms with Crippen LogP contribution in [0.15, 0.2) is 18.2 Å². The highest BCUT2D eigenvalue weighted by Crippen LogP contribution is 2.30. The number of likely N-dealkylation sites (tertiary alicyclic amines) is 1. The Morgan fingerprint density at radius 3 is 2.33 bits per heavy atom. The molecule has 8 nitrogen and oxygen atoms in total. The minimum Gasteiger partial charge on any atom is -0.372 e. The molecule has 2 aliphatic rings. The van der Waals surface area contributed by atoms with E-state index < -0.39 is 0 Å². The van der Waals surface area contributed by atoms with Crippen LogP contribution >= 0.6 is 11.6 Å². The first kappa shape index (κ1) is 26.7. The fraction of sp³-hybridized carbons (Fsp3) is 0.667. The summed E-state index contributed by atoms with van der Waals surface area (Å²) in [5.41, 5.74) is 1.90. The quantitative estimate of drug-likeness (QED) is 0.308. The second-order valence-electron chi connectivity index (χ2n) is 9.91. The molecule has 0 radical (unpaired) electrons. The fourth-order valence-corrected chi connectivity index (χ4v) is 5.67. The number of hydrogen-bond donors (Lipinski definition) is 3. The van der Waals surface area contributed by atoms with Gasteiger partial charge in [0.1, 0.15) is 0 Å². The summed E-state index contributed by atoms with van der Waals surface area (Å²) in [4.78, 5) is 19.0. The Balaban J connectivity index is 1.53. The lowest BCUT2D eigenvalue weighted by molar-refractivity contribution is 0.277. The minimum atomic E-state index is 0.401. The third-order valence-corrected chi connectivity index (χ3v) is 7.87. The van der Waals surface area contributed by atoms with Crippen LogP contribution in [0.1, 0.15) is 72.1 Å². The van der Waals surface area contributed by atoms with Crippen LogP contribution < -0.4 is 20.9 Å². The highest BCUT2D eigenvalue weighted by atomic mass is 35.5. The normalized spacial score (nSPS) is 19.2. The van der Waals surface area contributed by atoms with E-state index in [0.717, 1.165) is 50.4 Å². The molecule has 2 heterocycles. The first-order valence-corrected chi connectivity index (χ1v) is 14.3. The number of anilines is 5. The molecule has 2 fully saturated rings. The molecular formula is C27H43ClN8. The summed E-state index contributed by atoms with van der Waals surface area (Å²) < 4.78 is 0. The maximum atomic E-state index is 6.67. The molecule has 3 N–H and O–H groups in total. The highest BCUT2D eigenvalue weighted by molar-refractivity contribution is 6.33. The molecular weight excluding hydrogens is 472 g/mol. The van der Waals surface area contributed by atoms with Gasteiger partial charge in [0.25, 0.3) is 0 Å². The zero-order valence-corrected chi connectivity index (χ0v) is 22.9. The molecule has 0 spiro atoms. The molecule has 1 aliphatic carbocycles. The lowest BCUT2D eigenvalue weighted by Crippen LogP contribution is -2.35. The summed E-state index contributed by atoms with van der Waals surface area (Å²) in [5.74, 6) is 1.72. The van der Waals surface area contributed by atoms with Gasteiger partial charge in [-0.05, 0) is 70.8 Å². The summed E-state index contributed by atoms with van der Waals surface area (Å²) in [6, 6.07) is 7.01. The molecule has 4 rings (SSSR count). The average Bonchev–Trinajstić information content (AvgIpc) is 3.19. The molecule has 1 unspecified atom stereocenters. The van der Waals surface area contributed by atoms with Crippen LogP contribution in [0, 0.1) is 0 Å². The molecule has 1 aromatic carbocycles. The van der Waals surface area contributed by atoms with Gasteiger partial charge in [0.15, 0.2) is 0 Å². The first-order chi connectivity index (χ1) is 17.6. The van der Waals surface area contributed by atoms with Gasteiger partial charge in [-0.2, -0.15) is 15.0 Å². The predicted octanol–water partition coefficient (Wildman–Crippen LogP) is 6.15. The van der Waals surface area contributed by atoms with Gasteiger partial charge < -0.3 is 20.9 Å². The van der Waals surface area contributed by atoms with Crippen LogP contribution in [0.25, 0.3) is 0 Å². The summed E-state index contributed by atoms with van der Waals surface area (Å²) in [6.45, 7) is 11.5. The molecule has 0 bridgehead atoms. The van der Waals surface area contributed by atoms with E-state index >= 15 is 0 Å². The molecule has 0 amide bonds. The number of hydrogen-bond acceptors (Lipinski definition) is 8. The number of rotatable bonds is 11. The van der Waals surface area contributed by atoms with Gasteiger partial charge in [-0.1, -0.05) is 44.2 Å². The second kappa shape index (κ2) is 13.3. The smallest absolute Gasteiger partial charge is 0.233 e. The topological polar surface area (TPSA) is 81.2 Å². The van der Waals surface area contributed by atoms with E-state index in [-0.39, 0.29) is 0 Å². The largest absolute Gasteiger partial charge is 0.372 e. The zero-order valence-electron chi connectivity index (χ0n) is 22.2. The molecule has 2 aromatic rings. The van der Waals surface area contributed by atoms with Crippen LogP contribution in [-0.2, 0) is 0 Å². The van der Waals surface area contributed by atoms with E-state index in [1.807, 2.05) is 12.1 Å². The molecule has 9 heteroatoms. The zero-order chi connectivity index (χ0) is 25.3. The minimum absolute atomic E-state index is 0.401. The van der Waals surface area contributed by atoms with Crippen molar-refractivity contribution < 1.29 is 0 Å². The molecule has 1 saturated carbocycles. The van der Waals surface area contributed by atoms with E-state index in [4.69, 9.17) is 26.6 Å². The Morgan fingerprint density at radius 1 is 0.917 bits per heavy atom. The van der Waals surface area contributed by atoms with Crippen molar-refractivity contribution in [1.82, 2.24) is 19.9 Å². The van der Waals surface area contributed by atoms with Crippen molar-refractivity contribution in [3.8, 4) is 0 Å². The van der Waals surface area contributed by atoms with Crippen molar-refractivity contribution in [3.05, 3.63) is 23.2 Å². The summed E-state index contributed by atoms with van der Waals surface area (Å²) in [5, 5.41) is 11.1. The van der Waals surface area contributed by atoms with Gasteiger partial charge in [-0.3, -0.25) is 4.90 Å². The van der Waals surface area contributed by atoms with E-state index in [1.165, 1.54) is 45.1 Å². The number of benzene rings is 1. The molecule has 1 saturated heterocycles. The molecule has 36 heavy (non-hydrogen) atoms. The van der Waals surface area contributed by atoms with Crippen molar-refractivity contribution in [2.24, 2.45) is 0 Å². The fourth-order valence-electron chi connectivity index (χ4n) is 5.44. The Bertz CT molecular complexity index is 959. The standard InChI is InChI=1S/C27H43ClN8/c1-4-35(5-2)21-15-16-24(23(28)18-21)31-27-33-25(29-19-22-14-11-17-36(22)6-3)32-26(34-27)30-20-12-9-7-8-10-13-20/h15-16,18,20,22H,4-14,17,19H2,1-3H3,(H3,29,30,31,32,33,34). The number of nitrogens with zero attached hydrogens (tertiary/aromatic N) is 5. The summed E-state index contributed by atoms with van der Waals surface area (Å²) in [7, 11) is 0. The average molecular weight is 515 g/mol. The van der Waals surface area contributed by atoms with Crippen LogP contribution in [0.5, 0.6) is 0 Å². The third-order valence-electron chi connectivity index (χ3n) is 7.55. The first-order valence-electron chi connectivity index (χ1n) is 13.9.